The number of ether oxygens (including phenoxy) is 2. The number of aliphatic carboxylic acids is 1. The number of likely N-dealkylation sites (tertiary alicyclic amines) is 1. The van der Waals surface area contributed by atoms with Gasteiger partial charge in [-0.2, -0.15) is 0 Å². The molecule has 5 rings (SSSR count). The van der Waals surface area contributed by atoms with Gasteiger partial charge in [-0.05, 0) is 67.9 Å². The Hall–Kier alpha value is -4.33. The van der Waals surface area contributed by atoms with Crippen LogP contribution < -0.4 is 0 Å². The van der Waals surface area contributed by atoms with Crippen molar-refractivity contribution in [3.05, 3.63) is 95.6 Å². The minimum atomic E-state index is -0.908. The molecule has 2 unspecified atom stereocenters. The predicted octanol–water partition coefficient (Wildman–Crippen LogP) is 7.24. The molecule has 1 heterocycles. The number of carboxylic acid groups (broad SMARTS) is 1. The maximum atomic E-state index is 13.8. The molecule has 1 fully saturated rings. The third-order valence-corrected chi connectivity index (χ3v) is 8.19. The number of fused-ring (bicyclic) bond motifs is 3. The van der Waals surface area contributed by atoms with Crippen LogP contribution in [0.1, 0.15) is 75.1 Å². The summed E-state index contributed by atoms with van der Waals surface area (Å²) in [4.78, 5) is 41.8. The summed E-state index contributed by atoms with van der Waals surface area (Å²) in [7, 11) is 0. The molecule has 0 saturated carbocycles. The lowest BCUT2D eigenvalue weighted by Crippen LogP contribution is -2.51. The normalized spacial score (nSPS) is 18.0. The van der Waals surface area contributed by atoms with Crippen molar-refractivity contribution in [2.75, 3.05) is 19.7 Å². The van der Waals surface area contributed by atoms with Gasteiger partial charge < -0.3 is 24.4 Å². The summed E-state index contributed by atoms with van der Waals surface area (Å²) < 4.78 is 11.8. The molecule has 1 saturated heterocycles. The fourth-order valence-electron chi connectivity index (χ4n) is 6.26. The number of carboxylic acids is 1. The second kappa shape index (κ2) is 12.9. The van der Waals surface area contributed by atoms with Crippen molar-refractivity contribution in [3.63, 3.8) is 0 Å². The fraction of sp³-hybridized carbons (Fsp3) is 0.400. The summed E-state index contributed by atoms with van der Waals surface area (Å²) in [5.74, 6) is -0.988. The number of nitrogens with zero attached hydrogens (tertiary/aromatic N) is 2. The number of rotatable bonds is 8. The van der Waals surface area contributed by atoms with E-state index >= 15 is 0 Å². The van der Waals surface area contributed by atoms with Crippen molar-refractivity contribution in [2.24, 2.45) is 0 Å². The largest absolute Gasteiger partial charge is 0.481 e. The maximum Gasteiger partial charge on any atom is 0.410 e. The maximum absolute atomic E-state index is 13.8. The molecule has 43 heavy (non-hydrogen) atoms. The van der Waals surface area contributed by atoms with Crippen LogP contribution in [0.5, 0.6) is 0 Å². The number of hydrogen-bond donors (Lipinski definition) is 1. The molecule has 1 N–H and O–H groups in total. The summed E-state index contributed by atoms with van der Waals surface area (Å²) in [6.45, 7) is 6.36. The number of carbonyl (C=O) groups is 3. The average molecular weight is 585 g/mol. The third kappa shape index (κ3) is 7.01. The van der Waals surface area contributed by atoms with Crippen molar-refractivity contribution in [1.29, 1.82) is 0 Å². The van der Waals surface area contributed by atoms with E-state index < -0.39 is 23.8 Å². The van der Waals surface area contributed by atoms with Gasteiger partial charge in [-0.25, -0.2) is 9.59 Å². The lowest BCUT2D eigenvalue weighted by atomic mass is 9.91. The minimum absolute atomic E-state index is 0.0496. The van der Waals surface area contributed by atoms with Gasteiger partial charge in [0.15, 0.2) is 0 Å². The van der Waals surface area contributed by atoms with Gasteiger partial charge in [0.2, 0.25) is 0 Å². The first-order valence-electron chi connectivity index (χ1n) is 15.0. The zero-order chi connectivity index (χ0) is 30.6. The Labute approximate surface area is 253 Å². The molecule has 2 atom stereocenters. The van der Waals surface area contributed by atoms with Gasteiger partial charge in [0.25, 0.3) is 0 Å². The molecule has 1 aliphatic carbocycles. The molecule has 0 aromatic heterocycles. The van der Waals surface area contributed by atoms with Crippen molar-refractivity contribution in [1.82, 2.24) is 9.80 Å². The van der Waals surface area contributed by atoms with Crippen LogP contribution in [-0.4, -0.2) is 64.4 Å². The highest BCUT2D eigenvalue weighted by atomic mass is 16.6. The minimum Gasteiger partial charge on any atom is -0.481 e. The standard InChI is InChI=1S/C35H40N2O6/c1-35(2,3)43-34(41)37-21-19-25(22-31(37)24-12-5-4-6-13-24)36(20-11-18-32(38)39)33(40)42-23-30-28-16-9-7-14-26(28)27-15-8-10-17-29(27)30/h4-10,12-17,25,30-31H,11,18-23H2,1-3H3,(H,38,39). The van der Waals surface area contributed by atoms with E-state index in [0.29, 0.717) is 25.8 Å². The quantitative estimate of drug-likeness (QED) is 0.300. The van der Waals surface area contributed by atoms with Crippen molar-refractivity contribution in [3.8, 4) is 11.1 Å². The van der Waals surface area contributed by atoms with Gasteiger partial charge in [0, 0.05) is 31.5 Å². The number of carbonyl (C=O) groups excluding carboxylic acids is 2. The van der Waals surface area contributed by atoms with Crippen LogP contribution in [0.3, 0.4) is 0 Å². The Morgan fingerprint density at radius 1 is 0.907 bits per heavy atom. The Morgan fingerprint density at radius 3 is 2.12 bits per heavy atom. The summed E-state index contributed by atoms with van der Waals surface area (Å²) in [5, 5.41) is 9.29. The van der Waals surface area contributed by atoms with Crippen LogP contribution in [0.25, 0.3) is 11.1 Å². The lowest BCUT2D eigenvalue weighted by Gasteiger charge is -2.43. The second-order valence-electron chi connectivity index (χ2n) is 12.3. The molecule has 0 radical (unpaired) electrons. The van der Waals surface area contributed by atoms with Crippen LogP contribution >= 0.6 is 0 Å². The molecule has 2 aliphatic rings. The number of amides is 2. The molecule has 0 spiro atoms. The summed E-state index contributed by atoms with van der Waals surface area (Å²) in [6, 6.07) is 25.6. The molecule has 1 aliphatic heterocycles. The zero-order valence-electron chi connectivity index (χ0n) is 25.1. The first kappa shape index (κ1) is 30.1. The summed E-state index contributed by atoms with van der Waals surface area (Å²) in [5.41, 5.74) is 4.87. The molecule has 226 valence electrons. The second-order valence-corrected chi connectivity index (χ2v) is 12.3. The highest BCUT2D eigenvalue weighted by Gasteiger charge is 2.39. The molecule has 2 amide bonds. The van der Waals surface area contributed by atoms with Crippen LogP contribution in [0.15, 0.2) is 78.9 Å². The van der Waals surface area contributed by atoms with E-state index in [1.54, 1.807) is 9.80 Å². The topological polar surface area (TPSA) is 96.4 Å². The lowest BCUT2D eigenvalue weighted by molar-refractivity contribution is -0.137. The van der Waals surface area contributed by atoms with Crippen LogP contribution in [0.4, 0.5) is 9.59 Å². The molecular formula is C35H40N2O6. The van der Waals surface area contributed by atoms with E-state index in [-0.39, 0.29) is 37.6 Å². The average Bonchev–Trinajstić information content (AvgIpc) is 3.31. The molecule has 0 bridgehead atoms. The molecule has 8 heteroatoms. The Bertz CT molecular complexity index is 1400. The van der Waals surface area contributed by atoms with Crippen molar-refractivity contribution < 1.29 is 29.0 Å². The fourth-order valence-corrected chi connectivity index (χ4v) is 6.26. The van der Waals surface area contributed by atoms with Crippen LogP contribution in [-0.2, 0) is 14.3 Å². The summed E-state index contributed by atoms with van der Waals surface area (Å²) in [6.07, 6.45) is 0.418. The third-order valence-electron chi connectivity index (χ3n) is 8.19. The van der Waals surface area contributed by atoms with Crippen LogP contribution in [0.2, 0.25) is 0 Å². The predicted molar refractivity (Wildman–Crippen MR) is 164 cm³/mol. The number of piperidine rings is 1. The monoisotopic (exact) mass is 584 g/mol. The summed E-state index contributed by atoms with van der Waals surface area (Å²) >= 11 is 0. The molecular weight excluding hydrogens is 544 g/mol. The van der Waals surface area contributed by atoms with Crippen molar-refractivity contribution in [2.45, 2.75) is 70.1 Å². The molecule has 8 nitrogen and oxygen atoms in total. The Balaban J connectivity index is 1.36. The van der Waals surface area contributed by atoms with Gasteiger partial charge in [0.1, 0.15) is 12.2 Å². The van der Waals surface area contributed by atoms with Gasteiger partial charge in [-0.3, -0.25) is 4.79 Å². The van der Waals surface area contributed by atoms with Gasteiger partial charge >= 0.3 is 18.2 Å². The first-order chi connectivity index (χ1) is 20.6. The van der Waals surface area contributed by atoms with E-state index in [1.165, 1.54) is 0 Å². The molecule has 3 aromatic rings. The number of benzene rings is 3. The smallest absolute Gasteiger partial charge is 0.410 e. The van der Waals surface area contributed by atoms with Crippen molar-refractivity contribution >= 4 is 18.2 Å². The van der Waals surface area contributed by atoms with E-state index in [0.717, 1.165) is 27.8 Å². The Morgan fingerprint density at radius 2 is 1.51 bits per heavy atom. The van der Waals surface area contributed by atoms with Gasteiger partial charge in [0.05, 0.1) is 6.04 Å². The SMILES string of the molecule is CC(C)(C)OC(=O)N1CCC(N(CCCC(=O)O)C(=O)OCC2c3ccccc3-c3ccccc32)CC1c1ccccc1. The molecule has 3 aromatic carbocycles. The van der Waals surface area contributed by atoms with Crippen LogP contribution in [0, 0.1) is 0 Å². The highest BCUT2D eigenvalue weighted by Crippen LogP contribution is 2.44. The van der Waals surface area contributed by atoms with Gasteiger partial charge in [-0.1, -0.05) is 78.9 Å². The highest BCUT2D eigenvalue weighted by molar-refractivity contribution is 5.79. The van der Waals surface area contributed by atoms with E-state index in [2.05, 4.69) is 24.3 Å². The Kier molecular flexibility index (Phi) is 9.04. The van der Waals surface area contributed by atoms with Gasteiger partial charge in [-0.15, -0.1) is 0 Å². The van der Waals surface area contributed by atoms with E-state index in [9.17, 15) is 19.5 Å². The van der Waals surface area contributed by atoms with E-state index in [4.69, 9.17) is 9.47 Å². The zero-order valence-corrected chi connectivity index (χ0v) is 25.1. The van der Waals surface area contributed by atoms with E-state index in [1.807, 2.05) is 75.4 Å². The number of hydrogen-bond acceptors (Lipinski definition) is 5. The first-order valence-corrected chi connectivity index (χ1v) is 15.0.